The van der Waals surface area contributed by atoms with E-state index in [0.717, 1.165) is 23.3 Å². The molecule has 8 heteroatoms. The smallest absolute Gasteiger partial charge is 0.381 e. The van der Waals surface area contributed by atoms with Crippen LogP contribution in [0.5, 0.6) is 0 Å². The maximum absolute atomic E-state index is 13.2. The summed E-state index contributed by atoms with van der Waals surface area (Å²) in [5, 5.41) is 5.41. The number of amides is 2. The maximum Gasteiger partial charge on any atom is 0.416 e. The summed E-state index contributed by atoms with van der Waals surface area (Å²) in [6.45, 7) is 3.95. The van der Waals surface area contributed by atoms with Crippen molar-refractivity contribution in [2.75, 3.05) is 25.1 Å². The molecular formula is C23H25F3N2O3. The van der Waals surface area contributed by atoms with Gasteiger partial charge in [0.05, 0.1) is 17.5 Å². The van der Waals surface area contributed by atoms with Gasteiger partial charge in [-0.2, -0.15) is 13.2 Å². The number of ether oxygens (including phenoxy) is 1. The third-order valence-electron chi connectivity index (χ3n) is 5.68. The van der Waals surface area contributed by atoms with E-state index in [4.69, 9.17) is 4.74 Å². The highest BCUT2D eigenvalue weighted by molar-refractivity contribution is 5.97. The molecule has 1 aliphatic rings. The lowest BCUT2D eigenvalue weighted by molar-refractivity contribution is -0.138. The fourth-order valence-corrected chi connectivity index (χ4v) is 3.88. The molecule has 0 aliphatic carbocycles. The molecule has 166 valence electrons. The molecule has 1 aliphatic heterocycles. The van der Waals surface area contributed by atoms with Crippen molar-refractivity contribution in [3.63, 3.8) is 0 Å². The Bertz CT molecular complexity index is 947. The Kier molecular flexibility index (Phi) is 6.69. The van der Waals surface area contributed by atoms with Gasteiger partial charge < -0.3 is 15.4 Å². The Morgan fingerprint density at radius 2 is 1.65 bits per heavy atom. The van der Waals surface area contributed by atoms with Crippen LogP contribution >= 0.6 is 0 Å². The van der Waals surface area contributed by atoms with Crippen molar-refractivity contribution >= 4 is 17.5 Å². The van der Waals surface area contributed by atoms with Crippen molar-refractivity contribution < 1.29 is 27.5 Å². The van der Waals surface area contributed by atoms with Gasteiger partial charge in [-0.25, -0.2) is 0 Å². The minimum atomic E-state index is -4.51. The molecule has 2 N–H and O–H groups in total. The number of alkyl halides is 3. The molecule has 0 unspecified atom stereocenters. The van der Waals surface area contributed by atoms with Crippen molar-refractivity contribution in [3.05, 3.63) is 64.7 Å². The molecule has 0 radical (unpaired) electrons. The van der Waals surface area contributed by atoms with Crippen molar-refractivity contribution in [3.8, 4) is 0 Å². The van der Waals surface area contributed by atoms with Gasteiger partial charge in [0.25, 0.3) is 0 Å². The van der Waals surface area contributed by atoms with Gasteiger partial charge in [-0.3, -0.25) is 9.59 Å². The Morgan fingerprint density at radius 3 is 2.26 bits per heavy atom. The van der Waals surface area contributed by atoms with Crippen LogP contribution in [0.25, 0.3) is 0 Å². The summed E-state index contributed by atoms with van der Waals surface area (Å²) >= 11 is 0. The van der Waals surface area contributed by atoms with Crippen molar-refractivity contribution in [2.24, 2.45) is 0 Å². The summed E-state index contributed by atoms with van der Waals surface area (Å²) in [4.78, 5) is 25.6. The molecule has 2 aromatic carbocycles. The fourth-order valence-electron chi connectivity index (χ4n) is 3.88. The monoisotopic (exact) mass is 434 g/mol. The van der Waals surface area contributed by atoms with E-state index in [0.29, 0.717) is 5.69 Å². The van der Waals surface area contributed by atoms with Gasteiger partial charge >= 0.3 is 6.18 Å². The molecule has 0 saturated carbocycles. The number of aryl methyl sites for hydroxylation is 2. The Morgan fingerprint density at radius 1 is 1.03 bits per heavy atom. The summed E-state index contributed by atoms with van der Waals surface area (Å²) in [5.41, 5.74) is 0.752. The van der Waals surface area contributed by atoms with Crippen LogP contribution in [0.15, 0.2) is 42.5 Å². The normalized spacial score (nSPS) is 15.9. The lowest BCUT2D eigenvalue weighted by Gasteiger charge is -2.36. The zero-order valence-electron chi connectivity index (χ0n) is 17.4. The van der Waals surface area contributed by atoms with Crippen LogP contribution in [0.4, 0.5) is 18.9 Å². The van der Waals surface area contributed by atoms with Crippen LogP contribution in [0.2, 0.25) is 0 Å². The van der Waals surface area contributed by atoms with E-state index in [1.54, 1.807) is 0 Å². The van der Waals surface area contributed by atoms with E-state index in [2.05, 4.69) is 10.6 Å². The molecule has 2 amide bonds. The molecule has 0 bridgehead atoms. The first-order chi connectivity index (χ1) is 14.6. The number of hydrogen-bond donors (Lipinski definition) is 2. The average Bonchev–Trinajstić information content (AvgIpc) is 2.74. The minimum absolute atomic E-state index is 0.235. The molecule has 1 fully saturated rings. The maximum atomic E-state index is 13.2. The summed E-state index contributed by atoms with van der Waals surface area (Å²) in [7, 11) is 0. The Balaban J connectivity index is 1.77. The predicted octanol–water partition coefficient (Wildman–Crippen LogP) is 4.13. The molecule has 0 spiro atoms. The van der Waals surface area contributed by atoms with Gasteiger partial charge in [-0.1, -0.05) is 36.4 Å². The van der Waals surface area contributed by atoms with Gasteiger partial charge in [0.2, 0.25) is 11.8 Å². The van der Waals surface area contributed by atoms with Crippen LogP contribution in [-0.2, 0) is 25.9 Å². The third-order valence-corrected chi connectivity index (χ3v) is 5.68. The number of rotatable bonds is 5. The van der Waals surface area contributed by atoms with Crippen LogP contribution in [0.1, 0.15) is 35.1 Å². The Hall–Kier alpha value is -2.87. The van der Waals surface area contributed by atoms with Crippen LogP contribution in [0, 0.1) is 13.8 Å². The van der Waals surface area contributed by atoms with Gasteiger partial charge in [-0.05, 0) is 49.4 Å². The molecule has 31 heavy (non-hydrogen) atoms. The van der Waals surface area contributed by atoms with E-state index in [-0.39, 0.29) is 38.2 Å². The molecule has 0 aromatic heterocycles. The molecule has 2 aromatic rings. The molecular weight excluding hydrogens is 409 g/mol. The van der Waals surface area contributed by atoms with E-state index in [9.17, 15) is 22.8 Å². The number of anilines is 1. The number of benzene rings is 2. The fraction of sp³-hybridized carbons (Fsp3) is 0.391. The first kappa shape index (κ1) is 22.8. The lowest BCUT2D eigenvalue weighted by Crippen LogP contribution is -2.49. The molecule has 1 saturated heterocycles. The second-order valence-corrected chi connectivity index (χ2v) is 7.77. The standard InChI is InChI=1S/C23H25F3N2O3/c1-15-5-3-6-16(2)20(15)28-19(29)14-27-21(30)22(9-11-31-12-10-22)17-7-4-8-18(13-17)23(24,25)26/h3-8,13H,9-12,14H2,1-2H3,(H,27,30)(H,28,29). The number of carbonyl (C=O) groups is 2. The van der Waals surface area contributed by atoms with Gasteiger partial charge in [0.1, 0.15) is 0 Å². The third kappa shape index (κ3) is 5.07. The predicted molar refractivity (Wildman–Crippen MR) is 111 cm³/mol. The quantitative estimate of drug-likeness (QED) is 0.744. The van der Waals surface area contributed by atoms with Crippen LogP contribution in [0.3, 0.4) is 0 Å². The van der Waals surface area contributed by atoms with Crippen molar-refractivity contribution in [2.45, 2.75) is 38.3 Å². The first-order valence-electron chi connectivity index (χ1n) is 10.0. The van der Waals surface area contributed by atoms with Gasteiger partial charge in [0, 0.05) is 18.9 Å². The second-order valence-electron chi connectivity index (χ2n) is 7.77. The average molecular weight is 434 g/mol. The van der Waals surface area contributed by atoms with Crippen LogP contribution in [-0.4, -0.2) is 31.6 Å². The molecule has 1 heterocycles. The molecule has 3 rings (SSSR count). The SMILES string of the molecule is Cc1cccc(C)c1NC(=O)CNC(=O)C1(c2cccc(C(F)(F)F)c2)CCOCC1. The largest absolute Gasteiger partial charge is 0.416 e. The number of para-hydroxylation sites is 1. The van der Waals surface area contributed by atoms with Crippen LogP contribution < -0.4 is 10.6 Å². The number of carbonyl (C=O) groups excluding carboxylic acids is 2. The van der Waals surface area contributed by atoms with Crippen molar-refractivity contribution in [1.82, 2.24) is 5.32 Å². The number of halogens is 3. The van der Waals surface area contributed by atoms with E-state index in [1.807, 2.05) is 32.0 Å². The first-order valence-corrected chi connectivity index (χ1v) is 10.0. The van der Waals surface area contributed by atoms with E-state index >= 15 is 0 Å². The highest BCUT2D eigenvalue weighted by atomic mass is 19.4. The number of nitrogens with one attached hydrogen (secondary N) is 2. The highest BCUT2D eigenvalue weighted by Crippen LogP contribution is 2.38. The zero-order valence-corrected chi connectivity index (χ0v) is 17.4. The number of hydrogen-bond acceptors (Lipinski definition) is 3. The zero-order chi connectivity index (χ0) is 22.6. The van der Waals surface area contributed by atoms with Gasteiger partial charge in [-0.15, -0.1) is 0 Å². The lowest BCUT2D eigenvalue weighted by atomic mass is 9.73. The summed E-state index contributed by atoms with van der Waals surface area (Å²) in [5.74, 6) is -0.885. The van der Waals surface area contributed by atoms with E-state index in [1.165, 1.54) is 12.1 Å². The van der Waals surface area contributed by atoms with E-state index < -0.39 is 29.0 Å². The summed E-state index contributed by atoms with van der Waals surface area (Å²) in [6, 6.07) is 10.4. The summed E-state index contributed by atoms with van der Waals surface area (Å²) < 4.78 is 45.0. The Labute approximate surface area is 179 Å². The van der Waals surface area contributed by atoms with Crippen molar-refractivity contribution in [1.29, 1.82) is 0 Å². The highest BCUT2D eigenvalue weighted by Gasteiger charge is 2.43. The molecule has 5 nitrogen and oxygen atoms in total. The second kappa shape index (κ2) is 9.09. The molecule has 0 atom stereocenters. The topological polar surface area (TPSA) is 67.4 Å². The minimum Gasteiger partial charge on any atom is -0.381 e. The van der Waals surface area contributed by atoms with Gasteiger partial charge in [0.15, 0.2) is 0 Å². The summed E-state index contributed by atoms with van der Waals surface area (Å²) in [6.07, 6.45) is -4.04.